The summed E-state index contributed by atoms with van der Waals surface area (Å²) in [6.45, 7) is 7.15. The Morgan fingerprint density at radius 1 is 1.22 bits per heavy atom. The Kier molecular flexibility index (Phi) is 3.82. The molecule has 3 heteroatoms. The number of nitrogens with zero attached hydrogens (tertiary/aromatic N) is 2. The van der Waals surface area contributed by atoms with Crippen molar-refractivity contribution < 1.29 is 0 Å². The summed E-state index contributed by atoms with van der Waals surface area (Å²) < 4.78 is 2.00. The first-order chi connectivity index (χ1) is 8.65. The van der Waals surface area contributed by atoms with Gasteiger partial charge in [0.1, 0.15) is 0 Å². The fourth-order valence-corrected chi connectivity index (χ4v) is 2.11. The smallest absolute Gasteiger partial charge is 0.0723 e. The second-order valence-electron chi connectivity index (χ2n) is 4.62. The van der Waals surface area contributed by atoms with E-state index in [1.54, 1.807) is 0 Å². The third-order valence-electron chi connectivity index (χ3n) is 3.28. The minimum atomic E-state index is -0.0988. The van der Waals surface area contributed by atoms with Crippen molar-refractivity contribution in [1.82, 2.24) is 9.78 Å². The van der Waals surface area contributed by atoms with Gasteiger partial charge >= 0.3 is 0 Å². The van der Waals surface area contributed by atoms with E-state index in [0.717, 1.165) is 29.9 Å². The molecule has 1 aromatic heterocycles. The maximum absolute atomic E-state index is 6.35. The van der Waals surface area contributed by atoms with Crippen LogP contribution in [0.5, 0.6) is 0 Å². The van der Waals surface area contributed by atoms with Crippen LogP contribution in [0.1, 0.15) is 42.4 Å². The maximum atomic E-state index is 6.35. The van der Waals surface area contributed by atoms with Gasteiger partial charge in [-0.15, -0.1) is 0 Å². The average molecular weight is 243 g/mol. The van der Waals surface area contributed by atoms with E-state index in [0.29, 0.717) is 0 Å². The van der Waals surface area contributed by atoms with Crippen molar-refractivity contribution in [2.75, 3.05) is 0 Å². The van der Waals surface area contributed by atoms with Gasteiger partial charge in [0.15, 0.2) is 0 Å². The molecule has 3 nitrogen and oxygen atoms in total. The second-order valence-corrected chi connectivity index (χ2v) is 4.62. The first-order valence-corrected chi connectivity index (χ1v) is 6.54. The number of aromatic nitrogens is 2. The number of benzene rings is 1. The lowest BCUT2D eigenvalue weighted by molar-refractivity contribution is 0.595. The van der Waals surface area contributed by atoms with Gasteiger partial charge in [-0.2, -0.15) is 5.10 Å². The first kappa shape index (κ1) is 12.8. The minimum absolute atomic E-state index is 0.0988. The van der Waals surface area contributed by atoms with Gasteiger partial charge in [0.25, 0.3) is 0 Å². The summed E-state index contributed by atoms with van der Waals surface area (Å²) in [5.41, 5.74) is 10.9. The SMILES string of the molecule is CCc1cc(C(N)c2ccc(C)cc2)n(CC)n1. The Morgan fingerprint density at radius 2 is 1.89 bits per heavy atom. The van der Waals surface area contributed by atoms with Crippen LogP contribution in [-0.4, -0.2) is 9.78 Å². The molecule has 96 valence electrons. The van der Waals surface area contributed by atoms with Crippen molar-refractivity contribution in [3.05, 3.63) is 52.8 Å². The second kappa shape index (κ2) is 5.36. The third-order valence-corrected chi connectivity index (χ3v) is 3.28. The van der Waals surface area contributed by atoms with Crippen molar-refractivity contribution in [3.63, 3.8) is 0 Å². The number of hydrogen-bond acceptors (Lipinski definition) is 2. The summed E-state index contributed by atoms with van der Waals surface area (Å²) in [5, 5.41) is 4.55. The Hall–Kier alpha value is -1.61. The summed E-state index contributed by atoms with van der Waals surface area (Å²) in [6, 6.07) is 10.4. The fourth-order valence-electron chi connectivity index (χ4n) is 2.11. The fraction of sp³-hybridized carbons (Fsp3) is 0.400. The monoisotopic (exact) mass is 243 g/mol. The Balaban J connectivity index is 2.35. The van der Waals surface area contributed by atoms with Gasteiger partial charge in [0, 0.05) is 6.54 Å². The summed E-state index contributed by atoms with van der Waals surface area (Å²) in [4.78, 5) is 0. The molecule has 0 aliphatic heterocycles. The van der Waals surface area contributed by atoms with E-state index in [1.807, 2.05) is 4.68 Å². The molecule has 0 saturated carbocycles. The van der Waals surface area contributed by atoms with E-state index in [2.05, 4.69) is 56.2 Å². The molecular weight excluding hydrogens is 222 g/mol. The van der Waals surface area contributed by atoms with E-state index >= 15 is 0 Å². The van der Waals surface area contributed by atoms with Crippen LogP contribution in [0.25, 0.3) is 0 Å². The highest BCUT2D eigenvalue weighted by Gasteiger charge is 2.15. The number of aryl methyl sites for hydroxylation is 3. The molecule has 2 rings (SSSR count). The highest BCUT2D eigenvalue weighted by atomic mass is 15.3. The van der Waals surface area contributed by atoms with Crippen molar-refractivity contribution in [2.24, 2.45) is 5.73 Å². The van der Waals surface area contributed by atoms with Crippen LogP contribution >= 0.6 is 0 Å². The van der Waals surface area contributed by atoms with Crippen LogP contribution in [0, 0.1) is 6.92 Å². The molecule has 0 aliphatic carbocycles. The summed E-state index contributed by atoms with van der Waals surface area (Å²) in [6.07, 6.45) is 0.945. The molecule has 2 aromatic rings. The Bertz CT molecular complexity index is 511. The van der Waals surface area contributed by atoms with Gasteiger partial charge in [0.05, 0.1) is 17.4 Å². The molecule has 0 saturated heterocycles. The van der Waals surface area contributed by atoms with Gasteiger partial charge in [-0.05, 0) is 31.9 Å². The molecule has 0 aliphatic rings. The average Bonchev–Trinajstić information content (AvgIpc) is 2.82. The summed E-state index contributed by atoms with van der Waals surface area (Å²) in [7, 11) is 0. The largest absolute Gasteiger partial charge is 0.319 e. The Labute approximate surface area is 109 Å². The van der Waals surface area contributed by atoms with Crippen LogP contribution in [0.4, 0.5) is 0 Å². The molecule has 0 radical (unpaired) electrons. The van der Waals surface area contributed by atoms with Crippen LogP contribution in [-0.2, 0) is 13.0 Å². The zero-order valence-corrected chi connectivity index (χ0v) is 11.4. The number of rotatable bonds is 4. The predicted octanol–water partition coefficient (Wildman–Crippen LogP) is 2.82. The maximum Gasteiger partial charge on any atom is 0.0723 e. The lowest BCUT2D eigenvalue weighted by Crippen LogP contribution is -2.17. The van der Waals surface area contributed by atoms with Crippen LogP contribution in [0.15, 0.2) is 30.3 Å². The van der Waals surface area contributed by atoms with Gasteiger partial charge in [-0.3, -0.25) is 4.68 Å². The first-order valence-electron chi connectivity index (χ1n) is 6.54. The topological polar surface area (TPSA) is 43.8 Å². The van der Waals surface area contributed by atoms with Gasteiger partial charge in [0.2, 0.25) is 0 Å². The highest BCUT2D eigenvalue weighted by molar-refractivity contribution is 5.30. The molecule has 0 spiro atoms. The number of hydrogen-bond donors (Lipinski definition) is 1. The molecule has 0 amide bonds. The van der Waals surface area contributed by atoms with Crippen LogP contribution in [0.2, 0.25) is 0 Å². The molecule has 0 bridgehead atoms. The molecule has 1 aromatic carbocycles. The van der Waals surface area contributed by atoms with E-state index in [9.17, 15) is 0 Å². The molecule has 1 heterocycles. The lowest BCUT2D eigenvalue weighted by atomic mass is 10.0. The number of nitrogens with two attached hydrogens (primary N) is 1. The van der Waals surface area contributed by atoms with Gasteiger partial charge < -0.3 is 5.73 Å². The van der Waals surface area contributed by atoms with E-state index in [-0.39, 0.29) is 6.04 Å². The predicted molar refractivity (Wildman–Crippen MR) is 74.5 cm³/mol. The Morgan fingerprint density at radius 3 is 2.44 bits per heavy atom. The van der Waals surface area contributed by atoms with Gasteiger partial charge in [-0.25, -0.2) is 0 Å². The molecule has 1 unspecified atom stereocenters. The standard InChI is InChI=1S/C15H21N3/c1-4-13-10-14(18(5-2)17-13)15(16)12-8-6-11(3)7-9-12/h6-10,15H,4-5,16H2,1-3H3. The van der Waals surface area contributed by atoms with E-state index < -0.39 is 0 Å². The molecular formula is C15H21N3. The zero-order valence-electron chi connectivity index (χ0n) is 11.4. The molecule has 18 heavy (non-hydrogen) atoms. The van der Waals surface area contributed by atoms with Crippen molar-refractivity contribution >= 4 is 0 Å². The van der Waals surface area contributed by atoms with E-state index in [4.69, 9.17) is 5.73 Å². The van der Waals surface area contributed by atoms with Crippen molar-refractivity contribution in [2.45, 2.75) is 39.8 Å². The van der Waals surface area contributed by atoms with E-state index in [1.165, 1.54) is 5.56 Å². The molecule has 2 N–H and O–H groups in total. The van der Waals surface area contributed by atoms with Crippen LogP contribution in [0.3, 0.4) is 0 Å². The molecule has 1 atom stereocenters. The normalized spacial score (nSPS) is 12.7. The highest BCUT2D eigenvalue weighted by Crippen LogP contribution is 2.21. The summed E-state index contributed by atoms with van der Waals surface area (Å²) >= 11 is 0. The lowest BCUT2D eigenvalue weighted by Gasteiger charge is -2.13. The zero-order chi connectivity index (χ0) is 13.1. The van der Waals surface area contributed by atoms with Crippen molar-refractivity contribution in [1.29, 1.82) is 0 Å². The molecule has 0 fully saturated rings. The minimum Gasteiger partial charge on any atom is -0.319 e. The quantitative estimate of drug-likeness (QED) is 0.897. The van der Waals surface area contributed by atoms with Crippen molar-refractivity contribution in [3.8, 4) is 0 Å². The summed E-state index contributed by atoms with van der Waals surface area (Å²) in [5.74, 6) is 0. The van der Waals surface area contributed by atoms with Crippen LogP contribution < -0.4 is 5.73 Å². The van der Waals surface area contributed by atoms with Gasteiger partial charge in [-0.1, -0.05) is 36.8 Å². The third kappa shape index (κ3) is 2.46.